The second kappa shape index (κ2) is 6.60. The molecule has 0 bridgehead atoms. The number of rotatable bonds is 3. The lowest BCUT2D eigenvalue weighted by Crippen LogP contribution is -2.37. The van der Waals surface area contributed by atoms with Crippen molar-refractivity contribution in [3.05, 3.63) is 22.4 Å². The zero-order valence-corrected chi connectivity index (χ0v) is 13.4. The van der Waals surface area contributed by atoms with Crippen molar-refractivity contribution in [2.75, 3.05) is 7.05 Å². The van der Waals surface area contributed by atoms with Crippen molar-refractivity contribution < 1.29 is 4.79 Å². The maximum absolute atomic E-state index is 12.6. The molecule has 0 saturated heterocycles. The van der Waals surface area contributed by atoms with Crippen LogP contribution in [0.15, 0.2) is 16.7 Å². The van der Waals surface area contributed by atoms with Gasteiger partial charge in [0, 0.05) is 30.3 Å². The van der Waals surface area contributed by atoms with E-state index in [1.165, 1.54) is 25.7 Å². The van der Waals surface area contributed by atoms with Crippen LogP contribution >= 0.6 is 15.9 Å². The second-order valence-corrected chi connectivity index (χ2v) is 6.31. The number of nitrogens with zero attached hydrogens (tertiary/aromatic N) is 2. The molecule has 106 valence electrons. The van der Waals surface area contributed by atoms with E-state index in [0.717, 1.165) is 29.6 Å². The van der Waals surface area contributed by atoms with Crippen LogP contribution in [0.3, 0.4) is 0 Å². The van der Waals surface area contributed by atoms with Gasteiger partial charge in [-0.05, 0) is 41.8 Å². The highest BCUT2D eigenvalue weighted by molar-refractivity contribution is 9.10. The van der Waals surface area contributed by atoms with Crippen LogP contribution in [-0.2, 0) is 6.54 Å². The number of carbonyl (C=O) groups excluding carboxylic acids is 1. The lowest BCUT2D eigenvalue weighted by molar-refractivity contribution is 0.0707. The number of halogens is 1. The van der Waals surface area contributed by atoms with Gasteiger partial charge < -0.3 is 9.47 Å². The number of hydrogen-bond donors (Lipinski definition) is 0. The summed E-state index contributed by atoms with van der Waals surface area (Å²) in [7, 11) is 1.96. The van der Waals surface area contributed by atoms with Crippen LogP contribution in [0.25, 0.3) is 0 Å². The van der Waals surface area contributed by atoms with Crippen LogP contribution in [0.1, 0.15) is 55.9 Å². The molecule has 1 fully saturated rings. The molecule has 19 heavy (non-hydrogen) atoms. The zero-order chi connectivity index (χ0) is 13.8. The van der Waals surface area contributed by atoms with Crippen LogP contribution < -0.4 is 0 Å². The van der Waals surface area contributed by atoms with Gasteiger partial charge in [-0.15, -0.1) is 0 Å². The molecule has 0 aromatic carbocycles. The van der Waals surface area contributed by atoms with Crippen molar-refractivity contribution in [1.82, 2.24) is 9.47 Å². The van der Waals surface area contributed by atoms with E-state index < -0.39 is 0 Å². The van der Waals surface area contributed by atoms with E-state index in [1.54, 1.807) is 0 Å². The van der Waals surface area contributed by atoms with E-state index in [0.29, 0.717) is 6.04 Å². The fourth-order valence-electron chi connectivity index (χ4n) is 2.91. The molecule has 1 aliphatic carbocycles. The molecular formula is C15H23BrN2O. The largest absolute Gasteiger partial charge is 0.343 e. The quantitative estimate of drug-likeness (QED) is 0.769. The summed E-state index contributed by atoms with van der Waals surface area (Å²) in [6.07, 6.45) is 9.41. The summed E-state index contributed by atoms with van der Waals surface area (Å²) in [4.78, 5) is 14.6. The van der Waals surface area contributed by atoms with E-state index in [1.807, 2.05) is 28.8 Å². The Morgan fingerprint density at radius 1 is 1.37 bits per heavy atom. The summed E-state index contributed by atoms with van der Waals surface area (Å²) < 4.78 is 2.99. The van der Waals surface area contributed by atoms with Gasteiger partial charge in [-0.25, -0.2) is 0 Å². The summed E-state index contributed by atoms with van der Waals surface area (Å²) in [6.45, 7) is 2.89. The van der Waals surface area contributed by atoms with Crippen molar-refractivity contribution in [3.8, 4) is 0 Å². The van der Waals surface area contributed by atoms with Gasteiger partial charge in [0.15, 0.2) is 0 Å². The average molecular weight is 327 g/mol. The molecule has 3 nitrogen and oxygen atoms in total. The smallest absolute Gasteiger partial charge is 0.270 e. The Bertz CT molecular complexity index is 433. The molecule has 0 N–H and O–H groups in total. The summed E-state index contributed by atoms with van der Waals surface area (Å²) in [5.41, 5.74) is 0.793. The first kappa shape index (κ1) is 14.6. The van der Waals surface area contributed by atoms with Crippen LogP contribution in [0.5, 0.6) is 0 Å². The fraction of sp³-hybridized carbons (Fsp3) is 0.667. The van der Waals surface area contributed by atoms with Crippen molar-refractivity contribution in [2.45, 2.75) is 58.0 Å². The number of hydrogen-bond acceptors (Lipinski definition) is 1. The van der Waals surface area contributed by atoms with Gasteiger partial charge in [0.05, 0.1) is 0 Å². The standard InChI is InChI=1S/C15H23BrN2O/c1-3-18-11-12(16)10-14(18)15(19)17(2)13-8-6-4-5-7-9-13/h10-11,13H,3-9H2,1-2H3. The van der Waals surface area contributed by atoms with Crippen molar-refractivity contribution in [2.24, 2.45) is 0 Å². The SMILES string of the molecule is CCn1cc(Br)cc1C(=O)N(C)C1CCCCCC1. The Balaban J connectivity index is 2.13. The van der Waals surface area contributed by atoms with E-state index in [-0.39, 0.29) is 5.91 Å². The van der Waals surface area contributed by atoms with Crippen LogP contribution in [0, 0.1) is 0 Å². The molecule has 0 atom stereocenters. The minimum atomic E-state index is 0.152. The van der Waals surface area contributed by atoms with Crippen molar-refractivity contribution >= 4 is 21.8 Å². The lowest BCUT2D eigenvalue weighted by atomic mass is 10.1. The molecular weight excluding hydrogens is 304 g/mol. The van der Waals surface area contributed by atoms with Crippen LogP contribution in [0.4, 0.5) is 0 Å². The van der Waals surface area contributed by atoms with Gasteiger partial charge in [-0.3, -0.25) is 4.79 Å². The molecule has 1 aliphatic rings. The molecule has 0 aliphatic heterocycles. The predicted octanol–water partition coefficient (Wildman–Crippen LogP) is 4.07. The molecule has 1 saturated carbocycles. The highest BCUT2D eigenvalue weighted by Gasteiger charge is 2.24. The third-order valence-corrected chi connectivity index (χ3v) is 4.55. The summed E-state index contributed by atoms with van der Waals surface area (Å²) in [6, 6.07) is 2.34. The third-order valence-electron chi connectivity index (χ3n) is 4.12. The minimum absolute atomic E-state index is 0.152. The molecule has 4 heteroatoms. The van der Waals surface area contributed by atoms with E-state index in [4.69, 9.17) is 0 Å². The Morgan fingerprint density at radius 2 is 2.00 bits per heavy atom. The monoisotopic (exact) mass is 326 g/mol. The van der Waals surface area contributed by atoms with Gasteiger partial charge in [-0.1, -0.05) is 25.7 Å². The number of amides is 1. The summed E-state index contributed by atoms with van der Waals surface area (Å²) >= 11 is 3.46. The summed E-state index contributed by atoms with van der Waals surface area (Å²) in [5, 5.41) is 0. The third kappa shape index (κ3) is 3.41. The highest BCUT2D eigenvalue weighted by Crippen LogP contribution is 2.23. The van der Waals surface area contributed by atoms with Gasteiger partial charge in [0.25, 0.3) is 5.91 Å². The molecule has 2 rings (SSSR count). The lowest BCUT2D eigenvalue weighted by Gasteiger charge is -2.27. The predicted molar refractivity (Wildman–Crippen MR) is 81.4 cm³/mol. The molecule has 1 heterocycles. The number of aromatic nitrogens is 1. The molecule has 1 amide bonds. The molecule has 0 unspecified atom stereocenters. The van der Waals surface area contributed by atoms with Gasteiger partial charge in [0.1, 0.15) is 5.69 Å². The van der Waals surface area contributed by atoms with Crippen LogP contribution in [-0.4, -0.2) is 28.5 Å². The van der Waals surface area contributed by atoms with Gasteiger partial charge in [-0.2, -0.15) is 0 Å². The van der Waals surface area contributed by atoms with Gasteiger partial charge in [0.2, 0.25) is 0 Å². The maximum atomic E-state index is 12.6. The normalized spacial score (nSPS) is 17.2. The van der Waals surface area contributed by atoms with Crippen molar-refractivity contribution in [3.63, 3.8) is 0 Å². The fourth-order valence-corrected chi connectivity index (χ4v) is 3.37. The van der Waals surface area contributed by atoms with Crippen molar-refractivity contribution in [1.29, 1.82) is 0 Å². The van der Waals surface area contributed by atoms with Gasteiger partial charge >= 0.3 is 0 Å². The van der Waals surface area contributed by atoms with E-state index >= 15 is 0 Å². The Morgan fingerprint density at radius 3 is 2.58 bits per heavy atom. The molecule has 0 radical (unpaired) electrons. The Labute approximate surface area is 124 Å². The first-order valence-corrected chi connectivity index (χ1v) is 8.05. The van der Waals surface area contributed by atoms with Crippen LogP contribution in [0.2, 0.25) is 0 Å². The maximum Gasteiger partial charge on any atom is 0.270 e. The highest BCUT2D eigenvalue weighted by atomic mass is 79.9. The summed E-state index contributed by atoms with van der Waals surface area (Å²) in [5.74, 6) is 0.152. The van der Waals surface area contributed by atoms with E-state index in [2.05, 4.69) is 22.9 Å². The number of aryl methyl sites for hydroxylation is 1. The minimum Gasteiger partial charge on any atom is -0.343 e. The Hall–Kier alpha value is -0.770. The Kier molecular flexibility index (Phi) is 5.08. The first-order chi connectivity index (χ1) is 9.13. The zero-order valence-electron chi connectivity index (χ0n) is 11.9. The number of carbonyl (C=O) groups is 1. The average Bonchev–Trinajstić information content (AvgIpc) is 2.63. The molecule has 1 aromatic heterocycles. The molecule has 0 spiro atoms. The first-order valence-electron chi connectivity index (χ1n) is 7.26. The topological polar surface area (TPSA) is 25.2 Å². The van der Waals surface area contributed by atoms with E-state index in [9.17, 15) is 4.79 Å². The second-order valence-electron chi connectivity index (χ2n) is 5.39. The molecule has 1 aromatic rings.